The molecule has 0 saturated heterocycles. The minimum atomic E-state index is 0.698. The van der Waals surface area contributed by atoms with Crippen molar-refractivity contribution in [1.82, 2.24) is 4.90 Å². The van der Waals surface area contributed by atoms with Crippen LogP contribution in [0, 0.1) is 0 Å². The predicted octanol–water partition coefficient (Wildman–Crippen LogP) is 2.55. The Hall–Kier alpha value is -0.120. The zero-order valence-corrected chi connectivity index (χ0v) is 11.3. The molecule has 3 nitrogen and oxygen atoms in total. The highest BCUT2D eigenvalue weighted by Crippen LogP contribution is 1.98. The molecule has 0 fully saturated rings. The lowest BCUT2D eigenvalue weighted by Crippen LogP contribution is -2.30. The molecule has 0 aromatic heterocycles. The molecule has 0 bridgehead atoms. The average molecular weight is 231 g/mol. The average Bonchev–Trinajstić information content (AvgIpc) is 2.31. The zero-order chi connectivity index (χ0) is 12.1. The Morgan fingerprint density at radius 1 is 0.812 bits per heavy atom. The summed E-state index contributed by atoms with van der Waals surface area (Å²) >= 11 is 0. The van der Waals surface area contributed by atoms with Crippen molar-refractivity contribution in [1.29, 1.82) is 0 Å². The van der Waals surface area contributed by atoms with E-state index in [0.717, 1.165) is 13.2 Å². The van der Waals surface area contributed by atoms with Crippen molar-refractivity contribution in [3.05, 3.63) is 0 Å². The molecular formula is C13H29NO2. The Morgan fingerprint density at radius 2 is 1.44 bits per heavy atom. The summed E-state index contributed by atoms with van der Waals surface area (Å²) in [6, 6.07) is 0. The van der Waals surface area contributed by atoms with E-state index in [2.05, 4.69) is 18.7 Å². The molecule has 0 spiro atoms. The van der Waals surface area contributed by atoms with Gasteiger partial charge in [0.15, 0.2) is 0 Å². The van der Waals surface area contributed by atoms with Gasteiger partial charge in [0.1, 0.15) is 0 Å². The van der Waals surface area contributed by atoms with Crippen LogP contribution >= 0.6 is 0 Å². The van der Waals surface area contributed by atoms with Crippen LogP contribution in [0.1, 0.15) is 39.5 Å². The maximum absolute atomic E-state index is 5.50. The van der Waals surface area contributed by atoms with E-state index in [1.165, 1.54) is 38.8 Å². The molecule has 0 aliphatic carbocycles. The Labute approximate surface area is 101 Å². The third-order valence-electron chi connectivity index (χ3n) is 2.64. The number of methoxy groups -OCH3 is 1. The summed E-state index contributed by atoms with van der Waals surface area (Å²) in [5.41, 5.74) is 0. The van der Waals surface area contributed by atoms with Crippen molar-refractivity contribution >= 4 is 0 Å². The van der Waals surface area contributed by atoms with E-state index in [0.29, 0.717) is 13.2 Å². The summed E-state index contributed by atoms with van der Waals surface area (Å²) < 4.78 is 10.4. The van der Waals surface area contributed by atoms with Gasteiger partial charge in [-0.05, 0) is 25.9 Å². The molecule has 0 unspecified atom stereocenters. The summed E-state index contributed by atoms with van der Waals surface area (Å²) in [5, 5.41) is 0. The summed E-state index contributed by atoms with van der Waals surface area (Å²) in [4.78, 5) is 2.51. The van der Waals surface area contributed by atoms with Crippen molar-refractivity contribution in [2.75, 3.05) is 46.6 Å². The molecule has 0 radical (unpaired) electrons. The monoisotopic (exact) mass is 231 g/mol. The smallest absolute Gasteiger partial charge is 0.0700 e. The number of nitrogens with zero attached hydrogens (tertiary/aromatic N) is 1. The lowest BCUT2D eigenvalue weighted by atomic mass is 10.2. The fourth-order valence-corrected chi connectivity index (χ4v) is 1.54. The van der Waals surface area contributed by atoms with E-state index < -0.39 is 0 Å². The van der Waals surface area contributed by atoms with Gasteiger partial charge in [-0.25, -0.2) is 0 Å². The quantitative estimate of drug-likeness (QED) is 0.482. The first-order chi connectivity index (χ1) is 7.85. The van der Waals surface area contributed by atoms with E-state index in [1.54, 1.807) is 7.11 Å². The molecule has 0 aromatic rings. The fraction of sp³-hybridized carbons (Fsp3) is 1.00. The van der Waals surface area contributed by atoms with Crippen LogP contribution in [0.25, 0.3) is 0 Å². The van der Waals surface area contributed by atoms with Gasteiger partial charge in [0.05, 0.1) is 19.8 Å². The minimum absolute atomic E-state index is 0.698. The molecule has 0 saturated carbocycles. The topological polar surface area (TPSA) is 21.7 Å². The Balaban J connectivity index is 3.48. The third-order valence-corrected chi connectivity index (χ3v) is 2.64. The van der Waals surface area contributed by atoms with E-state index in [4.69, 9.17) is 9.47 Å². The molecule has 0 heterocycles. The summed E-state index contributed by atoms with van der Waals surface area (Å²) in [6.07, 6.45) is 5.13. The lowest BCUT2D eigenvalue weighted by molar-refractivity contribution is 0.0567. The standard InChI is InChI=1S/C13H29NO2/c1-4-6-8-14(9-7-5-2)10-11-16-13-12-15-3/h4-13H2,1-3H3. The van der Waals surface area contributed by atoms with Crippen LogP contribution in [0.15, 0.2) is 0 Å². The normalized spacial score (nSPS) is 11.2. The molecule has 0 amide bonds. The molecule has 0 aliphatic heterocycles. The maximum atomic E-state index is 5.50. The van der Waals surface area contributed by atoms with Crippen LogP contribution in [-0.4, -0.2) is 51.5 Å². The van der Waals surface area contributed by atoms with Crippen LogP contribution < -0.4 is 0 Å². The van der Waals surface area contributed by atoms with Crippen LogP contribution in [0.2, 0.25) is 0 Å². The Bertz CT molecular complexity index is 123. The molecule has 0 N–H and O–H groups in total. The number of unbranched alkanes of at least 4 members (excludes halogenated alkanes) is 2. The molecule has 3 heteroatoms. The van der Waals surface area contributed by atoms with Gasteiger partial charge < -0.3 is 14.4 Å². The highest BCUT2D eigenvalue weighted by Gasteiger charge is 2.03. The largest absolute Gasteiger partial charge is 0.382 e. The number of hydrogen-bond donors (Lipinski definition) is 0. The molecule has 16 heavy (non-hydrogen) atoms. The number of rotatable bonds is 12. The summed E-state index contributed by atoms with van der Waals surface area (Å²) in [5.74, 6) is 0. The molecule has 0 aliphatic rings. The van der Waals surface area contributed by atoms with Gasteiger partial charge in [0.2, 0.25) is 0 Å². The van der Waals surface area contributed by atoms with Gasteiger partial charge >= 0.3 is 0 Å². The fourth-order valence-electron chi connectivity index (χ4n) is 1.54. The minimum Gasteiger partial charge on any atom is -0.382 e. The van der Waals surface area contributed by atoms with Crippen molar-refractivity contribution in [2.24, 2.45) is 0 Å². The molecular weight excluding hydrogens is 202 g/mol. The third kappa shape index (κ3) is 10.4. The van der Waals surface area contributed by atoms with Gasteiger partial charge in [-0.2, -0.15) is 0 Å². The second-order valence-corrected chi connectivity index (χ2v) is 4.15. The second-order valence-electron chi connectivity index (χ2n) is 4.15. The van der Waals surface area contributed by atoms with Crippen molar-refractivity contribution in [3.63, 3.8) is 0 Å². The van der Waals surface area contributed by atoms with E-state index in [-0.39, 0.29) is 0 Å². The first-order valence-electron chi connectivity index (χ1n) is 6.64. The van der Waals surface area contributed by atoms with Crippen LogP contribution in [0.4, 0.5) is 0 Å². The van der Waals surface area contributed by atoms with Crippen molar-refractivity contribution in [2.45, 2.75) is 39.5 Å². The van der Waals surface area contributed by atoms with E-state index in [1.807, 2.05) is 0 Å². The first-order valence-corrected chi connectivity index (χ1v) is 6.64. The van der Waals surface area contributed by atoms with Crippen LogP contribution in [-0.2, 0) is 9.47 Å². The highest BCUT2D eigenvalue weighted by atomic mass is 16.5. The molecule has 98 valence electrons. The second kappa shape index (κ2) is 12.9. The van der Waals surface area contributed by atoms with E-state index >= 15 is 0 Å². The Morgan fingerprint density at radius 3 is 1.94 bits per heavy atom. The van der Waals surface area contributed by atoms with Gasteiger partial charge in [-0.1, -0.05) is 26.7 Å². The zero-order valence-electron chi connectivity index (χ0n) is 11.3. The highest BCUT2D eigenvalue weighted by molar-refractivity contribution is 4.57. The number of ether oxygens (including phenoxy) is 2. The van der Waals surface area contributed by atoms with Crippen molar-refractivity contribution < 1.29 is 9.47 Å². The lowest BCUT2D eigenvalue weighted by Gasteiger charge is -2.21. The van der Waals surface area contributed by atoms with Crippen LogP contribution in [0.3, 0.4) is 0 Å². The Kier molecular flexibility index (Phi) is 12.9. The van der Waals surface area contributed by atoms with Crippen molar-refractivity contribution in [3.8, 4) is 0 Å². The SMILES string of the molecule is CCCCN(CCCC)CCOCCOC. The van der Waals surface area contributed by atoms with E-state index in [9.17, 15) is 0 Å². The molecule has 0 aromatic carbocycles. The molecule has 0 rings (SSSR count). The van der Waals surface area contributed by atoms with Gasteiger partial charge in [-0.15, -0.1) is 0 Å². The number of hydrogen-bond acceptors (Lipinski definition) is 3. The first kappa shape index (κ1) is 15.9. The summed E-state index contributed by atoms with van der Waals surface area (Å²) in [7, 11) is 1.71. The van der Waals surface area contributed by atoms with Crippen LogP contribution in [0.5, 0.6) is 0 Å². The van der Waals surface area contributed by atoms with Gasteiger partial charge in [0.25, 0.3) is 0 Å². The van der Waals surface area contributed by atoms with Gasteiger partial charge in [0, 0.05) is 13.7 Å². The summed E-state index contributed by atoms with van der Waals surface area (Å²) in [6.45, 7) is 10.2. The predicted molar refractivity (Wildman–Crippen MR) is 69.0 cm³/mol. The maximum Gasteiger partial charge on any atom is 0.0700 e. The molecule has 0 atom stereocenters. The van der Waals surface area contributed by atoms with Gasteiger partial charge in [-0.3, -0.25) is 0 Å².